The van der Waals surface area contributed by atoms with Gasteiger partial charge in [-0.2, -0.15) is 8.42 Å². The third kappa shape index (κ3) is 3.84. The minimum Gasteiger partial charge on any atom is -0.507 e. The van der Waals surface area contributed by atoms with E-state index in [0.29, 0.717) is 22.0 Å². The van der Waals surface area contributed by atoms with Crippen molar-refractivity contribution in [3.63, 3.8) is 0 Å². The number of phenols is 1. The van der Waals surface area contributed by atoms with Crippen LogP contribution in [0.25, 0.3) is 10.8 Å². The van der Waals surface area contributed by atoms with E-state index in [0.717, 1.165) is 0 Å². The largest absolute Gasteiger partial charge is 0.507 e. The number of benzene rings is 2. The van der Waals surface area contributed by atoms with Gasteiger partial charge in [0.15, 0.2) is 0 Å². The van der Waals surface area contributed by atoms with E-state index in [1.165, 1.54) is 6.07 Å². The van der Waals surface area contributed by atoms with Gasteiger partial charge in [0, 0.05) is 11.1 Å². The Morgan fingerprint density at radius 1 is 1.21 bits per heavy atom. The number of nitrogen functional groups attached to an aromatic ring is 1. The molecule has 0 aliphatic heterocycles. The molecule has 0 bridgehead atoms. The lowest BCUT2D eigenvalue weighted by Crippen LogP contribution is -2.01. The van der Waals surface area contributed by atoms with Crippen LogP contribution in [0.4, 0.5) is 5.69 Å². The molecule has 0 fully saturated rings. The lowest BCUT2D eigenvalue weighted by atomic mass is 10.1. The van der Waals surface area contributed by atoms with Crippen LogP contribution in [0.15, 0.2) is 30.3 Å². The monoisotopic (exact) mass is 283 g/mol. The van der Waals surface area contributed by atoms with Crippen LogP contribution in [0, 0.1) is 0 Å². The van der Waals surface area contributed by atoms with Crippen LogP contribution in [0.1, 0.15) is 19.4 Å². The molecule has 2 rings (SSSR count). The van der Waals surface area contributed by atoms with E-state index in [9.17, 15) is 13.5 Å². The number of fused-ring (bicyclic) bond motifs is 1. The molecule has 0 saturated carbocycles. The predicted octanol–water partition coefficient (Wildman–Crippen LogP) is 2.54. The zero-order valence-corrected chi connectivity index (χ0v) is 11.6. The van der Waals surface area contributed by atoms with Crippen LogP contribution in [-0.4, -0.2) is 18.1 Å². The molecular formula is C13H17NO4S. The first-order chi connectivity index (χ1) is 8.87. The van der Waals surface area contributed by atoms with Crippen LogP contribution < -0.4 is 5.73 Å². The molecule has 4 N–H and O–H groups in total. The van der Waals surface area contributed by atoms with E-state index in [1.807, 2.05) is 13.8 Å². The molecule has 0 amide bonds. The second-order valence-corrected chi connectivity index (χ2v) is 5.24. The highest BCUT2D eigenvalue weighted by molar-refractivity contribution is 7.85. The highest BCUT2D eigenvalue weighted by Gasteiger charge is 2.11. The average Bonchev–Trinajstić information content (AvgIpc) is 2.28. The summed E-state index contributed by atoms with van der Waals surface area (Å²) in [5.41, 5.74) is 6.43. The SMILES string of the molecule is CC.Nc1cccc2cc(CS(=O)(=O)O)cc(O)c12. The van der Waals surface area contributed by atoms with Crippen molar-refractivity contribution >= 4 is 26.6 Å². The fraction of sp³-hybridized carbons (Fsp3) is 0.231. The second-order valence-electron chi connectivity index (χ2n) is 3.79. The summed E-state index contributed by atoms with van der Waals surface area (Å²) < 4.78 is 30.3. The maximum absolute atomic E-state index is 10.8. The van der Waals surface area contributed by atoms with Gasteiger partial charge in [0.05, 0.1) is 0 Å². The van der Waals surface area contributed by atoms with Gasteiger partial charge < -0.3 is 10.8 Å². The average molecular weight is 283 g/mol. The van der Waals surface area contributed by atoms with Crippen LogP contribution in [0.2, 0.25) is 0 Å². The Hall–Kier alpha value is -1.79. The van der Waals surface area contributed by atoms with Gasteiger partial charge in [0.1, 0.15) is 11.5 Å². The Labute approximate surface area is 112 Å². The van der Waals surface area contributed by atoms with Gasteiger partial charge in [-0.15, -0.1) is 0 Å². The molecule has 6 heteroatoms. The summed E-state index contributed by atoms with van der Waals surface area (Å²) in [6.45, 7) is 4.00. The van der Waals surface area contributed by atoms with Crippen molar-refractivity contribution in [3.05, 3.63) is 35.9 Å². The number of aromatic hydroxyl groups is 1. The molecule has 0 radical (unpaired) electrons. The summed E-state index contributed by atoms with van der Waals surface area (Å²) in [7, 11) is -4.12. The summed E-state index contributed by atoms with van der Waals surface area (Å²) in [5, 5.41) is 10.9. The maximum atomic E-state index is 10.8. The van der Waals surface area contributed by atoms with Crippen molar-refractivity contribution < 1.29 is 18.1 Å². The molecule has 2 aromatic carbocycles. The maximum Gasteiger partial charge on any atom is 0.269 e. The predicted molar refractivity (Wildman–Crippen MR) is 76.6 cm³/mol. The zero-order chi connectivity index (χ0) is 14.6. The summed E-state index contributed by atoms with van der Waals surface area (Å²) >= 11 is 0. The van der Waals surface area contributed by atoms with Crippen molar-refractivity contribution in [2.24, 2.45) is 0 Å². The molecule has 5 nitrogen and oxygen atoms in total. The van der Waals surface area contributed by atoms with Crippen molar-refractivity contribution in [3.8, 4) is 5.75 Å². The Bertz CT molecular complexity index is 680. The van der Waals surface area contributed by atoms with Gasteiger partial charge in [-0.05, 0) is 29.1 Å². The molecule has 0 heterocycles. The third-order valence-electron chi connectivity index (χ3n) is 2.40. The first-order valence-corrected chi connectivity index (χ1v) is 7.43. The number of hydrogen-bond acceptors (Lipinski definition) is 4. The van der Waals surface area contributed by atoms with Crippen molar-refractivity contribution in [2.75, 3.05) is 5.73 Å². The minimum absolute atomic E-state index is 0.0979. The van der Waals surface area contributed by atoms with Gasteiger partial charge in [-0.25, -0.2) is 0 Å². The van der Waals surface area contributed by atoms with Gasteiger partial charge in [0.25, 0.3) is 10.1 Å². The topological polar surface area (TPSA) is 101 Å². The number of nitrogens with two attached hydrogens (primary N) is 1. The fourth-order valence-corrected chi connectivity index (χ4v) is 2.38. The fourth-order valence-electron chi connectivity index (χ4n) is 1.79. The van der Waals surface area contributed by atoms with Gasteiger partial charge >= 0.3 is 0 Å². The number of rotatable bonds is 2. The van der Waals surface area contributed by atoms with E-state index in [1.54, 1.807) is 24.3 Å². The Morgan fingerprint density at radius 3 is 2.42 bits per heavy atom. The summed E-state index contributed by atoms with van der Waals surface area (Å²) in [6, 6.07) is 7.91. The molecule has 0 unspecified atom stereocenters. The van der Waals surface area contributed by atoms with Gasteiger partial charge in [0.2, 0.25) is 0 Å². The van der Waals surface area contributed by atoms with E-state index in [2.05, 4.69) is 0 Å². The molecule has 0 saturated heterocycles. The lowest BCUT2D eigenvalue weighted by Gasteiger charge is -2.07. The molecule has 104 valence electrons. The Kier molecular flexibility index (Phi) is 4.74. The number of hydrogen-bond donors (Lipinski definition) is 3. The first-order valence-electron chi connectivity index (χ1n) is 5.82. The summed E-state index contributed by atoms with van der Waals surface area (Å²) in [5.74, 6) is -0.634. The van der Waals surface area contributed by atoms with Crippen LogP contribution in [-0.2, 0) is 15.9 Å². The van der Waals surface area contributed by atoms with Crippen LogP contribution in [0.5, 0.6) is 5.75 Å². The third-order valence-corrected chi connectivity index (χ3v) is 3.10. The van der Waals surface area contributed by atoms with Crippen molar-refractivity contribution in [1.29, 1.82) is 0 Å². The number of phenolic OH excluding ortho intramolecular Hbond substituents is 1. The molecule has 19 heavy (non-hydrogen) atoms. The lowest BCUT2D eigenvalue weighted by molar-refractivity contribution is 0.479. The van der Waals surface area contributed by atoms with Crippen molar-refractivity contribution in [1.82, 2.24) is 0 Å². The molecule has 0 aliphatic rings. The molecule has 0 atom stereocenters. The zero-order valence-electron chi connectivity index (χ0n) is 10.8. The Morgan fingerprint density at radius 2 is 1.84 bits per heavy atom. The summed E-state index contributed by atoms with van der Waals surface area (Å²) in [4.78, 5) is 0. The molecule has 0 aliphatic carbocycles. The quantitative estimate of drug-likeness (QED) is 0.581. The Balaban J connectivity index is 0.000000861. The molecule has 0 spiro atoms. The van der Waals surface area contributed by atoms with E-state index in [-0.39, 0.29) is 5.75 Å². The van der Waals surface area contributed by atoms with E-state index in [4.69, 9.17) is 10.3 Å². The smallest absolute Gasteiger partial charge is 0.269 e. The first kappa shape index (κ1) is 15.3. The van der Waals surface area contributed by atoms with Crippen LogP contribution >= 0.6 is 0 Å². The second kappa shape index (κ2) is 5.90. The highest BCUT2D eigenvalue weighted by atomic mass is 32.2. The van der Waals surface area contributed by atoms with Crippen molar-refractivity contribution in [2.45, 2.75) is 19.6 Å². The van der Waals surface area contributed by atoms with E-state index < -0.39 is 15.9 Å². The minimum atomic E-state index is -4.12. The molecule has 2 aromatic rings. The molecular weight excluding hydrogens is 266 g/mol. The standard InChI is InChI=1S/C11H11NO4S.C2H6/c12-9-3-1-2-8-4-7(6-17(14,15)16)5-10(13)11(8)9;1-2/h1-5,13H,6,12H2,(H,14,15,16);1-2H3. The van der Waals surface area contributed by atoms with E-state index >= 15 is 0 Å². The summed E-state index contributed by atoms with van der Waals surface area (Å²) in [6.07, 6.45) is 0. The molecule has 0 aromatic heterocycles. The van der Waals surface area contributed by atoms with Crippen LogP contribution in [0.3, 0.4) is 0 Å². The number of anilines is 1. The normalized spacial score (nSPS) is 10.9. The van der Waals surface area contributed by atoms with Gasteiger partial charge in [-0.3, -0.25) is 4.55 Å². The van der Waals surface area contributed by atoms with Gasteiger partial charge in [-0.1, -0.05) is 26.0 Å². The highest BCUT2D eigenvalue weighted by Crippen LogP contribution is 2.31.